The third-order valence-electron chi connectivity index (χ3n) is 4.29. The molecular formula is C19H21N3O4. The highest BCUT2D eigenvalue weighted by atomic mass is 16.5. The van der Waals surface area contributed by atoms with E-state index < -0.39 is 5.97 Å². The van der Waals surface area contributed by atoms with Gasteiger partial charge < -0.3 is 20.5 Å². The number of amides is 2. The number of carboxylic acids is 1. The smallest absolute Gasteiger partial charge is 0.335 e. The molecule has 0 spiro atoms. The van der Waals surface area contributed by atoms with Gasteiger partial charge >= 0.3 is 12.0 Å². The molecule has 2 amide bonds. The van der Waals surface area contributed by atoms with Gasteiger partial charge in [-0.15, -0.1) is 0 Å². The summed E-state index contributed by atoms with van der Waals surface area (Å²) in [5.74, 6) is -0.968. The highest BCUT2D eigenvalue weighted by molar-refractivity contribution is 5.87. The number of ether oxygens (including phenoxy) is 1. The summed E-state index contributed by atoms with van der Waals surface area (Å²) in [4.78, 5) is 27.3. The SMILES string of the molecule is O=C(NCc1ccc(C(=O)O)cc1)N[C@@H]1CCO[C@@H](c2ccccn2)C1. The average molecular weight is 355 g/mol. The molecule has 2 aromatic rings. The van der Waals surface area contributed by atoms with Crippen LogP contribution in [0.5, 0.6) is 0 Å². The van der Waals surface area contributed by atoms with E-state index in [2.05, 4.69) is 15.6 Å². The number of aromatic nitrogens is 1. The highest BCUT2D eigenvalue weighted by Gasteiger charge is 2.25. The van der Waals surface area contributed by atoms with Crippen molar-refractivity contribution >= 4 is 12.0 Å². The molecule has 2 atom stereocenters. The minimum Gasteiger partial charge on any atom is -0.478 e. The van der Waals surface area contributed by atoms with Crippen molar-refractivity contribution in [2.75, 3.05) is 6.61 Å². The Morgan fingerprint density at radius 1 is 1.19 bits per heavy atom. The van der Waals surface area contributed by atoms with Gasteiger partial charge in [-0.1, -0.05) is 18.2 Å². The molecule has 1 aliphatic heterocycles. The van der Waals surface area contributed by atoms with Gasteiger partial charge in [0.25, 0.3) is 0 Å². The van der Waals surface area contributed by atoms with Gasteiger partial charge in [-0.3, -0.25) is 4.98 Å². The number of pyridine rings is 1. The molecule has 0 saturated carbocycles. The summed E-state index contributed by atoms with van der Waals surface area (Å²) >= 11 is 0. The Morgan fingerprint density at radius 2 is 2.00 bits per heavy atom. The molecule has 1 fully saturated rings. The number of urea groups is 1. The van der Waals surface area contributed by atoms with Crippen molar-refractivity contribution in [2.24, 2.45) is 0 Å². The van der Waals surface area contributed by atoms with Gasteiger partial charge in [0.15, 0.2) is 0 Å². The lowest BCUT2D eigenvalue weighted by atomic mass is 10.0. The van der Waals surface area contributed by atoms with Crippen LogP contribution in [-0.4, -0.2) is 34.7 Å². The Balaban J connectivity index is 1.47. The summed E-state index contributed by atoms with van der Waals surface area (Å²) in [6.45, 7) is 0.904. The number of rotatable bonds is 5. The molecule has 0 bridgehead atoms. The maximum Gasteiger partial charge on any atom is 0.335 e. The van der Waals surface area contributed by atoms with Crippen LogP contribution >= 0.6 is 0 Å². The topological polar surface area (TPSA) is 101 Å². The summed E-state index contributed by atoms with van der Waals surface area (Å²) in [5.41, 5.74) is 1.93. The molecule has 3 N–H and O–H groups in total. The molecule has 3 rings (SSSR count). The molecule has 0 unspecified atom stereocenters. The number of carbonyl (C=O) groups is 2. The van der Waals surface area contributed by atoms with Gasteiger partial charge in [0.1, 0.15) is 6.10 Å². The zero-order valence-corrected chi connectivity index (χ0v) is 14.2. The van der Waals surface area contributed by atoms with Crippen LogP contribution in [0.2, 0.25) is 0 Å². The van der Waals surface area contributed by atoms with Crippen molar-refractivity contribution in [3.05, 3.63) is 65.5 Å². The lowest BCUT2D eigenvalue weighted by Gasteiger charge is -2.29. The van der Waals surface area contributed by atoms with E-state index in [-0.39, 0.29) is 23.7 Å². The summed E-state index contributed by atoms with van der Waals surface area (Å²) in [7, 11) is 0. The molecule has 26 heavy (non-hydrogen) atoms. The number of nitrogens with one attached hydrogen (secondary N) is 2. The van der Waals surface area contributed by atoms with Crippen molar-refractivity contribution in [3.63, 3.8) is 0 Å². The molecule has 0 radical (unpaired) electrons. The minimum atomic E-state index is -0.968. The zero-order valence-electron chi connectivity index (χ0n) is 14.2. The largest absolute Gasteiger partial charge is 0.478 e. The van der Waals surface area contributed by atoms with Gasteiger partial charge in [0.05, 0.1) is 11.3 Å². The lowest BCUT2D eigenvalue weighted by Crippen LogP contribution is -2.44. The van der Waals surface area contributed by atoms with Gasteiger partial charge in [-0.25, -0.2) is 9.59 Å². The van der Waals surface area contributed by atoms with Crippen LogP contribution in [0.25, 0.3) is 0 Å². The third kappa shape index (κ3) is 4.80. The van der Waals surface area contributed by atoms with Crippen LogP contribution in [-0.2, 0) is 11.3 Å². The molecule has 7 heteroatoms. The number of aromatic carboxylic acids is 1. The Hall–Kier alpha value is -2.93. The van der Waals surface area contributed by atoms with E-state index in [4.69, 9.17) is 9.84 Å². The van der Waals surface area contributed by atoms with E-state index in [9.17, 15) is 9.59 Å². The Morgan fingerprint density at radius 3 is 2.69 bits per heavy atom. The molecule has 0 aliphatic carbocycles. The second kappa shape index (κ2) is 8.44. The molecular weight excluding hydrogens is 334 g/mol. The molecule has 1 saturated heterocycles. The van der Waals surface area contributed by atoms with Gasteiger partial charge in [-0.05, 0) is 42.7 Å². The van der Waals surface area contributed by atoms with E-state index >= 15 is 0 Å². The van der Waals surface area contributed by atoms with E-state index in [1.54, 1.807) is 18.3 Å². The number of carbonyl (C=O) groups excluding carboxylic acids is 1. The molecule has 136 valence electrons. The maximum absolute atomic E-state index is 12.1. The van der Waals surface area contributed by atoms with Crippen LogP contribution < -0.4 is 10.6 Å². The number of hydrogen-bond donors (Lipinski definition) is 3. The normalized spacial score (nSPS) is 19.5. The van der Waals surface area contributed by atoms with Crippen LogP contribution in [0.1, 0.15) is 40.6 Å². The number of hydrogen-bond acceptors (Lipinski definition) is 4. The fraction of sp³-hybridized carbons (Fsp3) is 0.316. The van der Waals surface area contributed by atoms with Crippen molar-refractivity contribution in [1.29, 1.82) is 0 Å². The van der Waals surface area contributed by atoms with Gasteiger partial charge in [-0.2, -0.15) is 0 Å². The molecule has 7 nitrogen and oxygen atoms in total. The van der Waals surface area contributed by atoms with E-state index in [0.29, 0.717) is 19.6 Å². The second-order valence-electron chi connectivity index (χ2n) is 6.16. The standard InChI is InChI=1S/C19H21N3O4/c23-18(24)14-6-4-13(5-7-14)12-21-19(25)22-15-8-10-26-17(11-15)16-3-1-2-9-20-16/h1-7,9,15,17H,8,10-12H2,(H,23,24)(H2,21,22,25)/t15-,17-/m1/s1. The van der Waals surface area contributed by atoms with Crippen LogP contribution in [0.4, 0.5) is 4.79 Å². The quantitative estimate of drug-likeness (QED) is 0.765. The first-order valence-electron chi connectivity index (χ1n) is 8.51. The summed E-state index contributed by atoms with van der Waals surface area (Å²) in [6.07, 6.45) is 3.05. The predicted molar refractivity (Wildman–Crippen MR) is 94.7 cm³/mol. The summed E-state index contributed by atoms with van der Waals surface area (Å²) in [6, 6.07) is 11.9. The van der Waals surface area contributed by atoms with Crippen LogP contribution in [0.15, 0.2) is 48.7 Å². The predicted octanol–water partition coefficient (Wildman–Crippen LogP) is 2.50. The first kappa shape index (κ1) is 17.9. The average Bonchev–Trinajstić information content (AvgIpc) is 2.67. The maximum atomic E-state index is 12.1. The number of benzene rings is 1. The van der Waals surface area contributed by atoms with Crippen molar-refractivity contribution < 1.29 is 19.4 Å². The summed E-state index contributed by atoms with van der Waals surface area (Å²) < 4.78 is 5.75. The van der Waals surface area contributed by atoms with E-state index in [1.807, 2.05) is 18.2 Å². The Kier molecular flexibility index (Phi) is 5.80. The number of carboxylic acid groups (broad SMARTS) is 1. The van der Waals surface area contributed by atoms with Gasteiger partial charge in [0.2, 0.25) is 0 Å². The van der Waals surface area contributed by atoms with E-state index in [0.717, 1.165) is 17.7 Å². The monoisotopic (exact) mass is 355 g/mol. The molecule has 1 aromatic heterocycles. The third-order valence-corrected chi connectivity index (χ3v) is 4.29. The fourth-order valence-electron chi connectivity index (χ4n) is 2.88. The Labute approximate surface area is 151 Å². The Bertz CT molecular complexity index is 749. The zero-order chi connectivity index (χ0) is 18.4. The summed E-state index contributed by atoms with van der Waals surface area (Å²) in [5, 5.41) is 14.6. The lowest BCUT2D eigenvalue weighted by molar-refractivity contribution is -0.000234. The number of nitrogens with zero attached hydrogens (tertiary/aromatic N) is 1. The second-order valence-corrected chi connectivity index (χ2v) is 6.16. The van der Waals surface area contributed by atoms with Crippen molar-refractivity contribution in [3.8, 4) is 0 Å². The van der Waals surface area contributed by atoms with E-state index in [1.165, 1.54) is 12.1 Å². The molecule has 2 heterocycles. The van der Waals surface area contributed by atoms with Crippen LogP contribution in [0.3, 0.4) is 0 Å². The molecule has 1 aliphatic rings. The van der Waals surface area contributed by atoms with Crippen molar-refractivity contribution in [1.82, 2.24) is 15.6 Å². The highest BCUT2D eigenvalue weighted by Crippen LogP contribution is 2.26. The first-order chi connectivity index (χ1) is 12.6. The van der Waals surface area contributed by atoms with Crippen molar-refractivity contribution in [2.45, 2.75) is 31.5 Å². The van der Waals surface area contributed by atoms with Crippen LogP contribution in [0, 0.1) is 0 Å². The first-order valence-corrected chi connectivity index (χ1v) is 8.51. The molecule has 1 aromatic carbocycles. The minimum absolute atomic E-state index is 0.0187. The fourth-order valence-corrected chi connectivity index (χ4v) is 2.88. The van der Waals surface area contributed by atoms with Gasteiger partial charge in [0, 0.05) is 25.4 Å².